The van der Waals surface area contributed by atoms with Gasteiger partial charge < -0.3 is 4.57 Å². The lowest BCUT2D eigenvalue weighted by Crippen LogP contribution is -2.12. The number of benzene rings is 1. The van der Waals surface area contributed by atoms with Crippen LogP contribution in [0.2, 0.25) is 0 Å². The van der Waals surface area contributed by atoms with E-state index in [1.54, 1.807) is 6.92 Å². The first kappa shape index (κ1) is 15.3. The molecule has 0 aliphatic carbocycles. The Bertz CT molecular complexity index is 751. The van der Waals surface area contributed by atoms with Crippen LogP contribution in [-0.4, -0.2) is 15.7 Å². The van der Waals surface area contributed by atoms with Crippen molar-refractivity contribution in [3.63, 3.8) is 0 Å². The average molecular weight is 301 g/mol. The van der Waals surface area contributed by atoms with E-state index in [2.05, 4.69) is 6.07 Å². The van der Waals surface area contributed by atoms with Crippen LogP contribution in [0.5, 0.6) is 0 Å². The second kappa shape index (κ2) is 5.75. The van der Waals surface area contributed by atoms with Crippen LogP contribution in [0, 0.1) is 32.1 Å². The van der Waals surface area contributed by atoms with Crippen molar-refractivity contribution in [2.24, 2.45) is 0 Å². The van der Waals surface area contributed by atoms with Gasteiger partial charge in [-0.3, -0.25) is 4.79 Å². The lowest BCUT2D eigenvalue weighted by atomic mass is 10.1. The number of aromatic nitrogens is 1. The van der Waals surface area contributed by atoms with Gasteiger partial charge in [0.25, 0.3) is 0 Å². The summed E-state index contributed by atoms with van der Waals surface area (Å²) in [5.41, 5.74) is 4.68. The fourth-order valence-corrected chi connectivity index (χ4v) is 2.70. The Labute approximate surface area is 129 Å². The minimum atomic E-state index is -0.563. The van der Waals surface area contributed by atoms with Crippen molar-refractivity contribution in [3.8, 4) is 11.8 Å². The van der Waals surface area contributed by atoms with Crippen LogP contribution in [0.3, 0.4) is 0 Å². The molecule has 2 rings (SSSR count). The summed E-state index contributed by atoms with van der Waals surface area (Å²) in [5.74, 6) is -0.0952. The molecule has 2 aromatic rings. The molecule has 0 bridgehead atoms. The molecule has 0 radical (unpaired) electrons. The first-order valence-electron chi connectivity index (χ1n) is 6.75. The lowest BCUT2D eigenvalue weighted by Gasteiger charge is -2.13. The molecule has 0 amide bonds. The Hall–Kier alpha value is -2.05. The molecule has 108 valence electrons. The minimum Gasteiger partial charge on any atom is -0.316 e. The maximum absolute atomic E-state index is 12.2. The molecule has 21 heavy (non-hydrogen) atoms. The van der Waals surface area contributed by atoms with E-state index in [0.29, 0.717) is 11.1 Å². The standard InChI is InChI=1S/C17H17ClN2O/c1-10-6-5-7-16(15(10)9-19)20-11(2)8-14(13(20)4)17(21)12(3)18/h5-8,12H,1-4H3. The predicted octanol–water partition coefficient (Wildman–Crippen LogP) is 4.08. The van der Waals surface area contributed by atoms with E-state index < -0.39 is 5.38 Å². The molecule has 1 atom stereocenters. The van der Waals surface area contributed by atoms with Crippen LogP contribution in [0.25, 0.3) is 5.69 Å². The van der Waals surface area contributed by atoms with Crippen molar-refractivity contribution in [1.29, 1.82) is 5.26 Å². The normalized spacial score (nSPS) is 12.0. The largest absolute Gasteiger partial charge is 0.316 e. The molecule has 0 spiro atoms. The van der Waals surface area contributed by atoms with E-state index in [9.17, 15) is 10.1 Å². The number of hydrogen-bond acceptors (Lipinski definition) is 2. The fourth-order valence-electron chi connectivity index (χ4n) is 2.58. The van der Waals surface area contributed by atoms with Crippen LogP contribution >= 0.6 is 11.6 Å². The van der Waals surface area contributed by atoms with Gasteiger partial charge in [-0.05, 0) is 45.4 Å². The summed E-state index contributed by atoms with van der Waals surface area (Å²) >= 11 is 5.91. The quantitative estimate of drug-likeness (QED) is 0.633. The molecule has 0 aliphatic rings. The monoisotopic (exact) mass is 300 g/mol. The summed E-state index contributed by atoms with van der Waals surface area (Å²) < 4.78 is 1.94. The summed E-state index contributed by atoms with van der Waals surface area (Å²) in [7, 11) is 0. The number of aryl methyl sites for hydroxylation is 2. The summed E-state index contributed by atoms with van der Waals surface area (Å²) in [5, 5.41) is 8.83. The number of rotatable bonds is 3. The zero-order valence-electron chi connectivity index (χ0n) is 12.6. The number of halogens is 1. The first-order valence-corrected chi connectivity index (χ1v) is 7.19. The second-order valence-corrected chi connectivity index (χ2v) is 5.84. The maximum atomic E-state index is 12.2. The summed E-state index contributed by atoms with van der Waals surface area (Å²) in [4.78, 5) is 12.2. The average Bonchev–Trinajstić information content (AvgIpc) is 2.72. The Morgan fingerprint density at radius 2 is 2.00 bits per heavy atom. The first-order chi connectivity index (χ1) is 9.88. The molecule has 1 aromatic heterocycles. The van der Waals surface area contributed by atoms with E-state index in [1.807, 2.05) is 49.6 Å². The van der Waals surface area contributed by atoms with Gasteiger partial charge in [0, 0.05) is 17.0 Å². The highest BCUT2D eigenvalue weighted by Crippen LogP contribution is 2.26. The van der Waals surface area contributed by atoms with Crippen molar-refractivity contribution < 1.29 is 4.79 Å². The molecular weight excluding hydrogens is 284 g/mol. The summed E-state index contributed by atoms with van der Waals surface area (Å²) in [6.07, 6.45) is 0. The van der Waals surface area contributed by atoms with Crippen molar-refractivity contribution in [3.05, 3.63) is 52.3 Å². The number of Topliss-reactive ketones (excluding diaryl/α,β-unsaturated/α-hetero) is 1. The zero-order chi connectivity index (χ0) is 15.7. The van der Waals surface area contributed by atoms with Gasteiger partial charge in [0.05, 0.1) is 16.6 Å². The Morgan fingerprint density at radius 3 is 2.57 bits per heavy atom. The molecular formula is C17H17ClN2O. The lowest BCUT2D eigenvalue weighted by molar-refractivity contribution is 0.0991. The number of nitrogens with zero attached hydrogens (tertiary/aromatic N) is 2. The SMILES string of the molecule is Cc1cccc(-n2c(C)cc(C(=O)C(C)Cl)c2C)c1C#N. The van der Waals surface area contributed by atoms with Gasteiger partial charge in [0.2, 0.25) is 0 Å². The van der Waals surface area contributed by atoms with Gasteiger partial charge in [-0.2, -0.15) is 5.26 Å². The van der Waals surface area contributed by atoms with Gasteiger partial charge >= 0.3 is 0 Å². The van der Waals surface area contributed by atoms with Gasteiger partial charge in [0.15, 0.2) is 5.78 Å². The van der Waals surface area contributed by atoms with Crippen molar-refractivity contribution in [1.82, 2.24) is 4.57 Å². The van der Waals surface area contributed by atoms with Crippen LogP contribution in [0.15, 0.2) is 24.3 Å². The van der Waals surface area contributed by atoms with E-state index in [1.165, 1.54) is 0 Å². The number of alkyl halides is 1. The molecule has 1 heterocycles. The van der Waals surface area contributed by atoms with Crippen molar-refractivity contribution in [2.75, 3.05) is 0 Å². The minimum absolute atomic E-state index is 0.0952. The highest BCUT2D eigenvalue weighted by Gasteiger charge is 2.21. The van der Waals surface area contributed by atoms with E-state index >= 15 is 0 Å². The van der Waals surface area contributed by atoms with Crippen molar-refractivity contribution in [2.45, 2.75) is 33.1 Å². The molecule has 0 N–H and O–H groups in total. The molecule has 0 saturated carbocycles. The topological polar surface area (TPSA) is 45.8 Å². The number of carbonyl (C=O) groups excluding carboxylic acids is 1. The van der Waals surface area contributed by atoms with Crippen LogP contribution in [0.4, 0.5) is 0 Å². The number of ketones is 1. The fraction of sp³-hybridized carbons (Fsp3) is 0.294. The third-order valence-corrected chi connectivity index (χ3v) is 3.86. The second-order valence-electron chi connectivity index (χ2n) is 5.18. The van der Waals surface area contributed by atoms with E-state index in [0.717, 1.165) is 22.6 Å². The molecule has 0 aliphatic heterocycles. The number of carbonyl (C=O) groups is 1. The molecule has 0 saturated heterocycles. The third kappa shape index (κ3) is 2.59. The zero-order valence-corrected chi connectivity index (χ0v) is 13.3. The molecule has 3 nitrogen and oxygen atoms in total. The molecule has 1 unspecified atom stereocenters. The smallest absolute Gasteiger partial charge is 0.182 e. The highest BCUT2D eigenvalue weighted by molar-refractivity contribution is 6.33. The summed E-state index contributed by atoms with van der Waals surface area (Å²) in [6, 6.07) is 9.79. The van der Waals surface area contributed by atoms with Gasteiger partial charge in [0.1, 0.15) is 6.07 Å². The van der Waals surface area contributed by atoms with Gasteiger partial charge in [-0.25, -0.2) is 0 Å². The van der Waals surface area contributed by atoms with Gasteiger partial charge in [-0.15, -0.1) is 11.6 Å². The predicted molar refractivity (Wildman–Crippen MR) is 84.3 cm³/mol. The molecule has 0 fully saturated rings. The van der Waals surface area contributed by atoms with E-state index in [4.69, 9.17) is 11.6 Å². The van der Waals surface area contributed by atoms with Crippen LogP contribution < -0.4 is 0 Å². The van der Waals surface area contributed by atoms with E-state index in [-0.39, 0.29) is 5.78 Å². The Morgan fingerprint density at radius 1 is 1.33 bits per heavy atom. The van der Waals surface area contributed by atoms with Crippen molar-refractivity contribution >= 4 is 17.4 Å². The van der Waals surface area contributed by atoms with Crippen LogP contribution in [-0.2, 0) is 0 Å². The summed E-state index contributed by atoms with van der Waals surface area (Å²) in [6.45, 7) is 7.38. The Balaban J connectivity index is 2.70. The Kier molecular flexibility index (Phi) is 4.20. The molecule has 4 heteroatoms. The van der Waals surface area contributed by atoms with Gasteiger partial charge in [-0.1, -0.05) is 12.1 Å². The highest BCUT2D eigenvalue weighted by atomic mass is 35.5. The van der Waals surface area contributed by atoms with Crippen LogP contribution in [0.1, 0.15) is 39.8 Å². The number of nitriles is 1. The third-order valence-electron chi connectivity index (χ3n) is 3.66. The molecule has 1 aromatic carbocycles. The number of hydrogen-bond donors (Lipinski definition) is 0. The maximum Gasteiger partial charge on any atom is 0.182 e.